The standard InChI is InChI=1S/C24H22F5N3O4/c1-35-19-4-11(2-3-31-19)22(34)32-18(21(30)33)5-13-8-23(13,32)20(12-9-36-10-12)14-6-17(26)15(7-16(14)25)24(27,28)29/h2-4,6-7,12-13,18,20H,5,8-10H2,1H3,(H2,30,33)/t13?,18?,20-,23?/m1/s1. The van der Waals surface area contributed by atoms with Gasteiger partial charge in [-0.15, -0.1) is 0 Å². The number of carbonyl (C=O) groups is 2. The highest BCUT2D eigenvalue weighted by molar-refractivity contribution is 5.99. The van der Waals surface area contributed by atoms with Crippen molar-refractivity contribution in [3.8, 4) is 5.88 Å². The fraction of sp³-hybridized carbons (Fsp3) is 0.458. The van der Waals surface area contributed by atoms with Crippen LogP contribution in [-0.4, -0.2) is 53.6 Å². The van der Waals surface area contributed by atoms with Gasteiger partial charge in [0.25, 0.3) is 5.91 Å². The summed E-state index contributed by atoms with van der Waals surface area (Å²) in [5.74, 6) is -5.65. The van der Waals surface area contributed by atoms with Crippen LogP contribution in [-0.2, 0) is 15.7 Å². The van der Waals surface area contributed by atoms with Crippen molar-refractivity contribution in [1.82, 2.24) is 9.88 Å². The molecule has 36 heavy (non-hydrogen) atoms. The molecule has 4 atom stereocenters. The molecule has 1 saturated carbocycles. The van der Waals surface area contributed by atoms with Gasteiger partial charge in [-0.2, -0.15) is 13.2 Å². The van der Waals surface area contributed by atoms with Crippen LogP contribution in [0.15, 0.2) is 30.5 Å². The third-order valence-corrected chi connectivity index (χ3v) is 7.53. The van der Waals surface area contributed by atoms with E-state index in [1.54, 1.807) is 0 Å². The number of rotatable bonds is 6. The number of aromatic nitrogens is 1. The number of alkyl halides is 3. The van der Waals surface area contributed by atoms with Crippen molar-refractivity contribution in [2.24, 2.45) is 17.6 Å². The topological polar surface area (TPSA) is 94.8 Å². The normalized spacial score (nSPS) is 26.2. The second-order valence-electron chi connectivity index (χ2n) is 9.43. The fourth-order valence-corrected chi connectivity index (χ4v) is 5.88. The minimum Gasteiger partial charge on any atom is -0.481 e. The zero-order valence-corrected chi connectivity index (χ0v) is 19.0. The maximum absolute atomic E-state index is 15.3. The Bertz CT molecular complexity index is 1230. The number of ether oxygens (including phenoxy) is 2. The van der Waals surface area contributed by atoms with Gasteiger partial charge in [0, 0.05) is 29.7 Å². The summed E-state index contributed by atoms with van der Waals surface area (Å²) in [6.45, 7) is 0.293. The summed E-state index contributed by atoms with van der Waals surface area (Å²) < 4.78 is 79.8. The molecule has 3 heterocycles. The van der Waals surface area contributed by atoms with E-state index in [9.17, 15) is 27.2 Å². The lowest BCUT2D eigenvalue weighted by Crippen LogP contribution is -2.55. The summed E-state index contributed by atoms with van der Waals surface area (Å²) in [5, 5.41) is 0. The monoisotopic (exact) mass is 511 g/mol. The number of likely N-dealkylation sites (tertiary alicyclic amines) is 1. The minimum atomic E-state index is -5.08. The second kappa shape index (κ2) is 8.39. The third kappa shape index (κ3) is 3.69. The Hall–Kier alpha value is -3.28. The van der Waals surface area contributed by atoms with Crippen LogP contribution in [0.4, 0.5) is 22.0 Å². The van der Waals surface area contributed by atoms with Crippen molar-refractivity contribution in [2.75, 3.05) is 20.3 Å². The quantitative estimate of drug-likeness (QED) is 0.601. The number of carbonyl (C=O) groups excluding carboxylic acids is 2. The van der Waals surface area contributed by atoms with E-state index in [2.05, 4.69) is 4.98 Å². The Labute approximate surface area is 202 Å². The molecule has 0 spiro atoms. The molecule has 2 saturated heterocycles. The summed E-state index contributed by atoms with van der Waals surface area (Å²) in [4.78, 5) is 31.4. The molecule has 0 bridgehead atoms. The van der Waals surface area contributed by atoms with E-state index >= 15 is 4.39 Å². The summed E-state index contributed by atoms with van der Waals surface area (Å²) >= 11 is 0. The molecule has 1 aromatic carbocycles. The lowest BCUT2D eigenvalue weighted by atomic mass is 9.76. The average Bonchev–Trinajstić information content (AvgIpc) is 3.40. The second-order valence-corrected chi connectivity index (χ2v) is 9.43. The van der Waals surface area contributed by atoms with Crippen molar-refractivity contribution in [3.05, 3.63) is 58.8 Å². The average molecular weight is 511 g/mol. The third-order valence-electron chi connectivity index (χ3n) is 7.53. The van der Waals surface area contributed by atoms with Gasteiger partial charge >= 0.3 is 6.18 Å². The SMILES string of the molecule is COc1cc(C(=O)N2C(C(N)=O)CC3CC32[C@@H](c2cc(F)c(C(F)(F)F)cc2F)C2COC2)ccn1. The summed E-state index contributed by atoms with van der Waals surface area (Å²) in [5.41, 5.74) is 2.63. The van der Waals surface area contributed by atoms with E-state index in [4.69, 9.17) is 15.2 Å². The highest BCUT2D eigenvalue weighted by atomic mass is 19.4. The van der Waals surface area contributed by atoms with E-state index in [0.29, 0.717) is 12.5 Å². The molecule has 3 unspecified atom stereocenters. The first-order valence-electron chi connectivity index (χ1n) is 11.3. The van der Waals surface area contributed by atoms with Crippen molar-refractivity contribution in [2.45, 2.75) is 36.5 Å². The Morgan fingerprint density at radius 3 is 2.53 bits per heavy atom. The molecule has 2 aromatic rings. The van der Waals surface area contributed by atoms with E-state index < -0.39 is 58.6 Å². The number of fused-ring (bicyclic) bond motifs is 1. The van der Waals surface area contributed by atoms with Crippen LogP contribution in [0, 0.1) is 23.5 Å². The number of hydrogen-bond donors (Lipinski definition) is 1. The molecule has 5 rings (SSSR count). The molecule has 0 radical (unpaired) electrons. The van der Waals surface area contributed by atoms with Gasteiger partial charge in [0.1, 0.15) is 17.7 Å². The lowest BCUT2D eigenvalue weighted by molar-refractivity contribution is -0.140. The zero-order chi connectivity index (χ0) is 26.0. The molecule has 3 aliphatic rings. The summed E-state index contributed by atoms with van der Waals surface area (Å²) in [7, 11) is 1.37. The molecule has 2 amide bonds. The number of nitrogens with two attached hydrogens (primary N) is 1. The predicted molar refractivity (Wildman–Crippen MR) is 114 cm³/mol. The van der Waals surface area contributed by atoms with E-state index in [0.717, 1.165) is 0 Å². The number of piperidine rings is 1. The highest BCUT2D eigenvalue weighted by Gasteiger charge is 2.72. The predicted octanol–water partition coefficient (Wildman–Crippen LogP) is 3.28. The largest absolute Gasteiger partial charge is 0.481 e. The number of nitrogens with zero attached hydrogens (tertiary/aromatic N) is 2. The number of pyridine rings is 1. The number of halogens is 5. The molecule has 12 heteroatoms. The Kier molecular flexibility index (Phi) is 5.69. The van der Waals surface area contributed by atoms with Crippen LogP contribution >= 0.6 is 0 Å². The van der Waals surface area contributed by atoms with Gasteiger partial charge in [0.15, 0.2) is 0 Å². The van der Waals surface area contributed by atoms with Crippen molar-refractivity contribution >= 4 is 11.8 Å². The highest BCUT2D eigenvalue weighted by Crippen LogP contribution is 2.67. The van der Waals surface area contributed by atoms with Crippen molar-refractivity contribution in [1.29, 1.82) is 0 Å². The van der Waals surface area contributed by atoms with Crippen molar-refractivity contribution < 1.29 is 41.0 Å². The number of benzene rings is 1. The van der Waals surface area contributed by atoms with Crippen LogP contribution < -0.4 is 10.5 Å². The fourth-order valence-electron chi connectivity index (χ4n) is 5.88. The lowest BCUT2D eigenvalue weighted by Gasteiger charge is -2.44. The number of methoxy groups -OCH3 is 1. The zero-order valence-electron chi connectivity index (χ0n) is 19.0. The van der Waals surface area contributed by atoms with Crippen LogP contribution in [0.5, 0.6) is 5.88 Å². The van der Waals surface area contributed by atoms with E-state index in [1.165, 1.54) is 30.3 Å². The van der Waals surface area contributed by atoms with Gasteiger partial charge in [-0.1, -0.05) is 0 Å². The smallest absolute Gasteiger partial charge is 0.419 e. The van der Waals surface area contributed by atoms with E-state index in [1.807, 2.05) is 0 Å². The maximum atomic E-state index is 15.3. The minimum absolute atomic E-state index is 0.141. The Morgan fingerprint density at radius 1 is 1.22 bits per heavy atom. The van der Waals surface area contributed by atoms with Gasteiger partial charge in [0.2, 0.25) is 11.8 Å². The first kappa shape index (κ1) is 24.4. The van der Waals surface area contributed by atoms with Gasteiger partial charge < -0.3 is 20.1 Å². The van der Waals surface area contributed by atoms with Gasteiger partial charge in [-0.3, -0.25) is 9.59 Å². The summed E-state index contributed by atoms with van der Waals surface area (Å²) in [6.07, 6.45) is -3.17. The Balaban J connectivity index is 1.63. The Morgan fingerprint density at radius 2 is 1.94 bits per heavy atom. The maximum Gasteiger partial charge on any atom is 0.419 e. The molecule has 2 aliphatic heterocycles. The number of primary amides is 1. The molecule has 7 nitrogen and oxygen atoms in total. The first-order chi connectivity index (χ1) is 17.0. The van der Waals surface area contributed by atoms with Crippen LogP contribution in [0.2, 0.25) is 0 Å². The van der Waals surface area contributed by atoms with Gasteiger partial charge in [-0.25, -0.2) is 13.8 Å². The first-order valence-corrected chi connectivity index (χ1v) is 11.3. The van der Waals surface area contributed by atoms with Crippen LogP contribution in [0.3, 0.4) is 0 Å². The van der Waals surface area contributed by atoms with Crippen molar-refractivity contribution in [3.63, 3.8) is 0 Å². The molecule has 1 aliphatic carbocycles. The molecular formula is C24H22F5N3O4. The van der Waals surface area contributed by atoms with Crippen LogP contribution in [0.1, 0.15) is 40.2 Å². The van der Waals surface area contributed by atoms with E-state index in [-0.39, 0.29) is 48.6 Å². The molecule has 192 valence electrons. The summed E-state index contributed by atoms with van der Waals surface area (Å²) in [6, 6.07) is 2.48. The molecule has 1 aromatic heterocycles. The number of hydrogen-bond acceptors (Lipinski definition) is 5. The van der Waals surface area contributed by atoms with Gasteiger partial charge in [-0.05, 0) is 42.5 Å². The molecular weight excluding hydrogens is 489 g/mol. The number of amides is 2. The van der Waals surface area contributed by atoms with Crippen LogP contribution in [0.25, 0.3) is 0 Å². The molecule has 3 fully saturated rings. The van der Waals surface area contributed by atoms with Gasteiger partial charge in [0.05, 0.1) is 31.4 Å². The molecule has 2 N–H and O–H groups in total.